The largest absolute Gasteiger partial charge is 0.496 e. The van der Waals surface area contributed by atoms with Gasteiger partial charge in [-0.25, -0.2) is 0 Å². The molecule has 1 unspecified atom stereocenters. The summed E-state index contributed by atoms with van der Waals surface area (Å²) in [6.07, 6.45) is 1.15. The minimum atomic E-state index is -0.471. The molecule has 1 aromatic heterocycles. The number of hydrogen-bond donors (Lipinski definition) is 1. The van der Waals surface area contributed by atoms with Crippen molar-refractivity contribution in [1.29, 1.82) is 0 Å². The monoisotopic (exact) mass is 329 g/mol. The van der Waals surface area contributed by atoms with E-state index in [9.17, 15) is 4.79 Å². The zero-order chi connectivity index (χ0) is 17.4. The standard InChI is InChI=1S/C18H23N3O3/c1-17(2,12-7-5-6-8-13(12)23-4)15-20-16(24-21-15)18(3)9-10-19-14(22)11-18/h5-8H,9-11H2,1-4H3,(H,19,22). The van der Waals surface area contributed by atoms with Crippen molar-refractivity contribution in [3.8, 4) is 5.75 Å². The third kappa shape index (κ3) is 2.77. The van der Waals surface area contributed by atoms with Crippen molar-refractivity contribution >= 4 is 5.91 Å². The van der Waals surface area contributed by atoms with E-state index in [2.05, 4.69) is 15.5 Å². The van der Waals surface area contributed by atoms with Gasteiger partial charge in [-0.3, -0.25) is 4.79 Å². The number of ether oxygens (including phenoxy) is 1. The molecule has 2 aromatic rings. The number of nitrogens with zero attached hydrogens (tertiary/aromatic N) is 2. The molecule has 1 aliphatic heterocycles. The maximum atomic E-state index is 11.7. The molecule has 1 saturated heterocycles. The van der Waals surface area contributed by atoms with E-state index in [0.29, 0.717) is 24.7 Å². The summed E-state index contributed by atoms with van der Waals surface area (Å²) in [6, 6.07) is 7.82. The number of para-hydroxylation sites is 1. The molecule has 1 fully saturated rings. The number of carbonyl (C=O) groups is 1. The maximum absolute atomic E-state index is 11.7. The predicted octanol–water partition coefficient (Wildman–Crippen LogP) is 2.57. The molecule has 2 heterocycles. The molecule has 1 aromatic carbocycles. The highest BCUT2D eigenvalue weighted by Crippen LogP contribution is 2.38. The van der Waals surface area contributed by atoms with E-state index in [-0.39, 0.29) is 5.91 Å². The van der Waals surface area contributed by atoms with Crippen LogP contribution in [-0.2, 0) is 15.6 Å². The Bertz CT molecular complexity index is 753. The van der Waals surface area contributed by atoms with Crippen molar-refractivity contribution in [2.45, 2.75) is 44.4 Å². The summed E-state index contributed by atoms with van der Waals surface area (Å²) in [5.74, 6) is 1.93. The highest BCUT2D eigenvalue weighted by molar-refractivity contribution is 5.78. The van der Waals surface area contributed by atoms with Crippen molar-refractivity contribution in [3.05, 3.63) is 41.5 Å². The molecule has 0 bridgehead atoms. The summed E-state index contributed by atoms with van der Waals surface area (Å²) in [7, 11) is 1.65. The number of piperidine rings is 1. The second-order valence-corrected chi connectivity index (χ2v) is 7.09. The Balaban J connectivity index is 1.96. The van der Waals surface area contributed by atoms with Gasteiger partial charge in [-0.05, 0) is 26.3 Å². The van der Waals surface area contributed by atoms with E-state index in [1.807, 2.05) is 45.0 Å². The minimum absolute atomic E-state index is 0.0208. The van der Waals surface area contributed by atoms with E-state index in [1.165, 1.54) is 0 Å². The topological polar surface area (TPSA) is 77.3 Å². The molecule has 0 saturated carbocycles. The number of rotatable bonds is 4. The highest BCUT2D eigenvalue weighted by Gasteiger charge is 2.40. The average Bonchev–Trinajstić information content (AvgIpc) is 3.06. The Morgan fingerprint density at radius 3 is 2.79 bits per heavy atom. The van der Waals surface area contributed by atoms with Crippen LogP contribution in [0.2, 0.25) is 0 Å². The van der Waals surface area contributed by atoms with Crippen molar-refractivity contribution in [2.24, 2.45) is 0 Å². The summed E-state index contributed by atoms with van der Waals surface area (Å²) < 4.78 is 11.0. The molecule has 128 valence electrons. The second-order valence-electron chi connectivity index (χ2n) is 7.09. The van der Waals surface area contributed by atoms with E-state index < -0.39 is 10.8 Å². The third-order valence-electron chi connectivity index (χ3n) is 4.83. The summed E-state index contributed by atoms with van der Waals surface area (Å²) in [5.41, 5.74) is 0.109. The first kappa shape index (κ1) is 16.5. The van der Waals surface area contributed by atoms with Gasteiger partial charge in [0, 0.05) is 18.5 Å². The summed E-state index contributed by atoms with van der Waals surface area (Å²) >= 11 is 0. The average molecular weight is 329 g/mol. The van der Waals surface area contributed by atoms with Crippen molar-refractivity contribution in [3.63, 3.8) is 0 Å². The molecule has 24 heavy (non-hydrogen) atoms. The highest BCUT2D eigenvalue weighted by atomic mass is 16.5. The lowest BCUT2D eigenvalue weighted by molar-refractivity contribution is -0.124. The Kier molecular flexibility index (Phi) is 4.07. The lowest BCUT2D eigenvalue weighted by atomic mass is 9.80. The first-order chi connectivity index (χ1) is 11.4. The second kappa shape index (κ2) is 5.92. The zero-order valence-electron chi connectivity index (χ0n) is 14.5. The molecule has 1 atom stereocenters. The SMILES string of the molecule is COc1ccccc1C(C)(C)c1noc(C2(C)CCNC(=O)C2)n1. The van der Waals surface area contributed by atoms with Gasteiger partial charge in [0.2, 0.25) is 11.8 Å². The smallest absolute Gasteiger partial charge is 0.233 e. The van der Waals surface area contributed by atoms with Gasteiger partial charge in [-0.15, -0.1) is 0 Å². The molecule has 1 aliphatic rings. The van der Waals surface area contributed by atoms with Crippen LogP contribution in [0.3, 0.4) is 0 Å². The molecule has 3 rings (SSSR count). The third-order valence-corrected chi connectivity index (χ3v) is 4.83. The summed E-state index contributed by atoms with van der Waals surface area (Å²) in [5, 5.41) is 7.05. The van der Waals surface area contributed by atoms with Gasteiger partial charge in [-0.2, -0.15) is 4.98 Å². The number of aromatic nitrogens is 2. The summed E-state index contributed by atoms with van der Waals surface area (Å²) in [6.45, 7) is 6.70. The first-order valence-electron chi connectivity index (χ1n) is 8.12. The quantitative estimate of drug-likeness (QED) is 0.933. The fraction of sp³-hybridized carbons (Fsp3) is 0.500. The predicted molar refractivity (Wildman–Crippen MR) is 89.0 cm³/mol. The number of benzene rings is 1. The minimum Gasteiger partial charge on any atom is -0.496 e. The maximum Gasteiger partial charge on any atom is 0.233 e. The molecule has 6 nitrogen and oxygen atoms in total. The van der Waals surface area contributed by atoms with Gasteiger partial charge < -0.3 is 14.6 Å². The van der Waals surface area contributed by atoms with E-state index in [0.717, 1.165) is 17.7 Å². The van der Waals surface area contributed by atoms with Gasteiger partial charge in [-0.1, -0.05) is 30.3 Å². The zero-order valence-corrected chi connectivity index (χ0v) is 14.5. The van der Waals surface area contributed by atoms with E-state index in [4.69, 9.17) is 9.26 Å². The molecule has 1 N–H and O–H groups in total. The molecule has 1 amide bonds. The Labute approximate surface area is 141 Å². The fourth-order valence-electron chi connectivity index (χ4n) is 3.17. The van der Waals surface area contributed by atoms with Crippen LogP contribution in [0, 0.1) is 0 Å². The number of nitrogens with one attached hydrogen (secondary N) is 1. The van der Waals surface area contributed by atoms with Crippen LogP contribution in [0.25, 0.3) is 0 Å². The van der Waals surface area contributed by atoms with Crippen LogP contribution in [-0.4, -0.2) is 29.7 Å². The molecular weight excluding hydrogens is 306 g/mol. The number of hydrogen-bond acceptors (Lipinski definition) is 5. The number of methoxy groups -OCH3 is 1. The van der Waals surface area contributed by atoms with Crippen LogP contribution in [0.1, 0.15) is 50.9 Å². The van der Waals surface area contributed by atoms with Crippen molar-refractivity contribution in [2.75, 3.05) is 13.7 Å². The molecule has 0 radical (unpaired) electrons. The molecule has 6 heteroatoms. The normalized spacial score (nSPS) is 21.4. The van der Waals surface area contributed by atoms with Gasteiger partial charge in [0.05, 0.1) is 17.9 Å². The lowest BCUT2D eigenvalue weighted by Crippen LogP contribution is -2.42. The van der Waals surface area contributed by atoms with E-state index in [1.54, 1.807) is 7.11 Å². The van der Waals surface area contributed by atoms with Gasteiger partial charge in [0.15, 0.2) is 5.82 Å². The molecule has 0 aliphatic carbocycles. The van der Waals surface area contributed by atoms with Crippen molar-refractivity contribution < 1.29 is 14.1 Å². The van der Waals surface area contributed by atoms with E-state index >= 15 is 0 Å². The molecular formula is C18H23N3O3. The first-order valence-corrected chi connectivity index (χ1v) is 8.12. The number of carbonyl (C=O) groups excluding carboxylic acids is 1. The van der Waals surface area contributed by atoms with Crippen LogP contribution < -0.4 is 10.1 Å². The van der Waals surface area contributed by atoms with Crippen molar-refractivity contribution in [1.82, 2.24) is 15.5 Å². The fourth-order valence-corrected chi connectivity index (χ4v) is 3.17. The van der Waals surface area contributed by atoms with Crippen LogP contribution in [0.15, 0.2) is 28.8 Å². The van der Waals surface area contributed by atoms with Gasteiger partial charge in [0.1, 0.15) is 5.75 Å². The summed E-state index contributed by atoms with van der Waals surface area (Å²) in [4.78, 5) is 16.4. The number of amides is 1. The Morgan fingerprint density at radius 1 is 1.33 bits per heavy atom. The Morgan fingerprint density at radius 2 is 2.08 bits per heavy atom. The van der Waals surface area contributed by atoms with Gasteiger partial charge >= 0.3 is 0 Å². The van der Waals surface area contributed by atoms with Gasteiger partial charge in [0.25, 0.3) is 0 Å². The van der Waals surface area contributed by atoms with Crippen LogP contribution >= 0.6 is 0 Å². The molecule has 0 spiro atoms. The lowest BCUT2D eigenvalue weighted by Gasteiger charge is -2.29. The van der Waals surface area contributed by atoms with Crippen LogP contribution in [0.5, 0.6) is 5.75 Å². The van der Waals surface area contributed by atoms with Crippen LogP contribution in [0.4, 0.5) is 0 Å². The Hall–Kier alpha value is -2.37.